The van der Waals surface area contributed by atoms with Crippen molar-refractivity contribution < 1.29 is 14.7 Å². The van der Waals surface area contributed by atoms with Gasteiger partial charge < -0.3 is 10.0 Å². The van der Waals surface area contributed by atoms with E-state index >= 15 is 0 Å². The van der Waals surface area contributed by atoms with E-state index in [9.17, 15) is 14.7 Å². The first-order valence-electron chi connectivity index (χ1n) is 6.40. The Hall–Kier alpha value is -1.84. The van der Waals surface area contributed by atoms with Crippen molar-refractivity contribution in [3.8, 4) is 0 Å². The van der Waals surface area contributed by atoms with Crippen LogP contribution in [0, 0.1) is 19.8 Å². The molecule has 0 fully saturated rings. The highest BCUT2D eigenvalue weighted by Crippen LogP contribution is 2.22. The Kier molecular flexibility index (Phi) is 5.10. The predicted octanol–water partition coefficient (Wildman–Crippen LogP) is 2.77. The van der Waals surface area contributed by atoms with Crippen LogP contribution in [0.4, 0.5) is 5.69 Å². The van der Waals surface area contributed by atoms with Gasteiger partial charge in [0.2, 0.25) is 6.41 Å². The van der Waals surface area contributed by atoms with E-state index in [1.54, 1.807) is 6.07 Å². The molecule has 0 aliphatic carbocycles. The third-order valence-corrected chi connectivity index (χ3v) is 3.22. The number of carboxylic acids is 1. The summed E-state index contributed by atoms with van der Waals surface area (Å²) in [7, 11) is 0. The van der Waals surface area contributed by atoms with E-state index in [1.165, 1.54) is 4.90 Å². The first-order valence-corrected chi connectivity index (χ1v) is 6.40. The first-order chi connectivity index (χ1) is 8.86. The number of rotatable bonds is 6. The summed E-state index contributed by atoms with van der Waals surface area (Å²) < 4.78 is 0. The van der Waals surface area contributed by atoms with Gasteiger partial charge in [0.1, 0.15) is 6.04 Å². The van der Waals surface area contributed by atoms with Gasteiger partial charge in [0.15, 0.2) is 0 Å². The molecular weight excluding hydrogens is 242 g/mol. The van der Waals surface area contributed by atoms with Crippen LogP contribution in [0.25, 0.3) is 0 Å². The largest absolute Gasteiger partial charge is 0.480 e. The van der Waals surface area contributed by atoms with Crippen molar-refractivity contribution >= 4 is 18.1 Å². The number of amides is 1. The third kappa shape index (κ3) is 3.81. The Morgan fingerprint density at radius 1 is 1.32 bits per heavy atom. The standard InChI is InChI=1S/C15H21NO3/c1-10(2)7-14(15(18)19)16(9-17)13-6-5-11(3)12(4)8-13/h5-6,8-10,14H,7H2,1-4H3,(H,18,19). The zero-order valence-electron chi connectivity index (χ0n) is 11.9. The van der Waals surface area contributed by atoms with E-state index in [4.69, 9.17) is 0 Å². The number of benzene rings is 1. The normalized spacial score (nSPS) is 12.3. The molecule has 1 unspecified atom stereocenters. The molecule has 1 rings (SSSR count). The maximum Gasteiger partial charge on any atom is 0.326 e. The molecule has 4 nitrogen and oxygen atoms in total. The van der Waals surface area contributed by atoms with Gasteiger partial charge in [-0.2, -0.15) is 0 Å². The van der Waals surface area contributed by atoms with Gasteiger partial charge in [0.25, 0.3) is 0 Å². The van der Waals surface area contributed by atoms with Crippen LogP contribution in [-0.4, -0.2) is 23.5 Å². The van der Waals surface area contributed by atoms with Gasteiger partial charge in [-0.05, 0) is 49.4 Å². The van der Waals surface area contributed by atoms with Crippen LogP contribution in [0.3, 0.4) is 0 Å². The zero-order valence-corrected chi connectivity index (χ0v) is 11.9. The molecule has 1 N–H and O–H groups in total. The fourth-order valence-corrected chi connectivity index (χ4v) is 1.98. The SMILES string of the molecule is Cc1ccc(N(C=O)C(CC(C)C)C(=O)O)cc1C. The molecule has 0 spiro atoms. The summed E-state index contributed by atoms with van der Waals surface area (Å²) in [5.74, 6) is -0.769. The summed E-state index contributed by atoms with van der Waals surface area (Å²) in [4.78, 5) is 24.0. The Morgan fingerprint density at radius 2 is 1.95 bits per heavy atom. The lowest BCUT2D eigenvalue weighted by Crippen LogP contribution is -2.41. The van der Waals surface area contributed by atoms with Crippen LogP contribution in [0.1, 0.15) is 31.4 Å². The number of carbonyl (C=O) groups excluding carboxylic acids is 1. The second kappa shape index (κ2) is 6.36. The Balaban J connectivity index is 3.11. The van der Waals surface area contributed by atoms with Gasteiger partial charge in [-0.3, -0.25) is 4.79 Å². The minimum Gasteiger partial charge on any atom is -0.480 e. The summed E-state index contributed by atoms with van der Waals surface area (Å²) in [5, 5.41) is 9.31. The second-order valence-electron chi connectivity index (χ2n) is 5.26. The van der Waals surface area contributed by atoms with Gasteiger partial charge >= 0.3 is 5.97 Å². The quantitative estimate of drug-likeness (QED) is 0.803. The van der Waals surface area contributed by atoms with Crippen LogP contribution >= 0.6 is 0 Å². The monoisotopic (exact) mass is 263 g/mol. The van der Waals surface area contributed by atoms with Gasteiger partial charge in [0.05, 0.1) is 0 Å². The summed E-state index contributed by atoms with van der Waals surface area (Å²) in [5.41, 5.74) is 2.79. The van der Waals surface area contributed by atoms with Crippen molar-refractivity contribution in [2.45, 2.75) is 40.2 Å². The van der Waals surface area contributed by atoms with Crippen molar-refractivity contribution in [2.24, 2.45) is 5.92 Å². The number of carboxylic acid groups (broad SMARTS) is 1. The van der Waals surface area contributed by atoms with Gasteiger partial charge in [-0.25, -0.2) is 4.79 Å². The average Bonchev–Trinajstić information content (AvgIpc) is 2.32. The highest BCUT2D eigenvalue weighted by Gasteiger charge is 2.26. The predicted molar refractivity (Wildman–Crippen MR) is 75.3 cm³/mol. The number of hydrogen-bond donors (Lipinski definition) is 1. The number of hydrogen-bond acceptors (Lipinski definition) is 2. The number of aryl methyl sites for hydroxylation is 2. The molecule has 1 aromatic rings. The third-order valence-electron chi connectivity index (χ3n) is 3.22. The smallest absolute Gasteiger partial charge is 0.326 e. The Morgan fingerprint density at radius 3 is 2.37 bits per heavy atom. The highest BCUT2D eigenvalue weighted by atomic mass is 16.4. The molecule has 104 valence electrons. The molecule has 0 heterocycles. The number of nitrogens with zero attached hydrogens (tertiary/aromatic N) is 1. The summed E-state index contributed by atoms with van der Waals surface area (Å²) >= 11 is 0. The van der Waals surface area contributed by atoms with Crippen LogP contribution in [0.5, 0.6) is 0 Å². The minimum atomic E-state index is -0.973. The molecule has 19 heavy (non-hydrogen) atoms. The highest BCUT2D eigenvalue weighted by molar-refractivity contribution is 5.88. The summed E-state index contributed by atoms with van der Waals surface area (Å²) in [6.07, 6.45) is 1.03. The molecule has 1 atom stereocenters. The van der Waals surface area contributed by atoms with Gasteiger partial charge in [0, 0.05) is 5.69 Å². The zero-order chi connectivity index (χ0) is 14.6. The van der Waals surface area contributed by atoms with Gasteiger partial charge in [-0.1, -0.05) is 19.9 Å². The van der Waals surface area contributed by atoms with Crippen molar-refractivity contribution in [3.63, 3.8) is 0 Å². The molecule has 0 aliphatic rings. The topological polar surface area (TPSA) is 57.6 Å². The van der Waals surface area contributed by atoms with Crippen LogP contribution in [-0.2, 0) is 9.59 Å². The average molecular weight is 263 g/mol. The van der Waals surface area contributed by atoms with E-state index in [1.807, 2.05) is 39.8 Å². The van der Waals surface area contributed by atoms with Crippen LogP contribution in [0.2, 0.25) is 0 Å². The second-order valence-corrected chi connectivity index (χ2v) is 5.26. The lowest BCUT2D eigenvalue weighted by molar-refractivity contribution is -0.139. The molecule has 0 aliphatic heterocycles. The maximum absolute atomic E-state index is 11.4. The van der Waals surface area contributed by atoms with Crippen LogP contribution < -0.4 is 4.90 Å². The van der Waals surface area contributed by atoms with E-state index in [0.29, 0.717) is 18.5 Å². The fourth-order valence-electron chi connectivity index (χ4n) is 1.98. The van der Waals surface area contributed by atoms with Crippen molar-refractivity contribution in [2.75, 3.05) is 4.90 Å². The number of carbonyl (C=O) groups is 2. The molecule has 4 heteroatoms. The number of aliphatic carboxylic acids is 1. The Labute approximate surface area is 114 Å². The van der Waals surface area contributed by atoms with E-state index in [-0.39, 0.29) is 5.92 Å². The molecule has 0 bridgehead atoms. The number of anilines is 1. The molecule has 0 saturated carbocycles. The van der Waals surface area contributed by atoms with E-state index in [2.05, 4.69) is 0 Å². The molecule has 0 aromatic heterocycles. The van der Waals surface area contributed by atoms with Crippen molar-refractivity contribution in [3.05, 3.63) is 29.3 Å². The molecule has 1 amide bonds. The lowest BCUT2D eigenvalue weighted by atomic mass is 10.0. The first kappa shape index (κ1) is 15.2. The van der Waals surface area contributed by atoms with E-state index < -0.39 is 12.0 Å². The molecular formula is C15H21NO3. The van der Waals surface area contributed by atoms with Crippen LogP contribution in [0.15, 0.2) is 18.2 Å². The van der Waals surface area contributed by atoms with Crippen molar-refractivity contribution in [1.29, 1.82) is 0 Å². The fraction of sp³-hybridized carbons (Fsp3) is 0.467. The van der Waals surface area contributed by atoms with Crippen molar-refractivity contribution in [1.82, 2.24) is 0 Å². The molecule has 0 radical (unpaired) electrons. The molecule has 0 saturated heterocycles. The maximum atomic E-state index is 11.4. The Bertz CT molecular complexity index is 468. The molecule has 1 aromatic carbocycles. The minimum absolute atomic E-state index is 0.204. The lowest BCUT2D eigenvalue weighted by Gasteiger charge is -2.26. The summed E-state index contributed by atoms with van der Waals surface area (Å²) in [6.45, 7) is 7.81. The van der Waals surface area contributed by atoms with Gasteiger partial charge in [-0.15, -0.1) is 0 Å². The van der Waals surface area contributed by atoms with E-state index in [0.717, 1.165) is 11.1 Å². The summed E-state index contributed by atoms with van der Waals surface area (Å²) in [6, 6.07) is 4.71.